The number of carbonyl (C=O) groups excluding carboxylic acids is 3. The van der Waals surface area contributed by atoms with Gasteiger partial charge < -0.3 is 10.1 Å². The van der Waals surface area contributed by atoms with Gasteiger partial charge in [0.25, 0.3) is 5.91 Å². The van der Waals surface area contributed by atoms with Gasteiger partial charge in [-0.3, -0.25) is 10.1 Å². The monoisotopic (exact) mass is 346 g/mol. The standard InChI is InChI=1S/C19H26N2O4/c1-19(2,3)14-10-8-13(9-11-14)17(23)25-12-16(22)21-18(24)20-15-6-4-5-7-15/h8-11,15H,4-7,12H2,1-3H3,(H2,20,21,22,24). The Morgan fingerprint density at radius 3 is 2.24 bits per heavy atom. The van der Waals surface area contributed by atoms with Crippen LogP contribution in [0.1, 0.15) is 62.4 Å². The molecule has 6 nitrogen and oxygen atoms in total. The van der Waals surface area contributed by atoms with Gasteiger partial charge in [0, 0.05) is 6.04 Å². The molecule has 0 saturated heterocycles. The highest BCUT2D eigenvalue weighted by molar-refractivity contribution is 5.97. The minimum Gasteiger partial charge on any atom is -0.452 e. The molecular formula is C19H26N2O4. The molecule has 0 aliphatic heterocycles. The van der Waals surface area contributed by atoms with Gasteiger partial charge in [0.05, 0.1) is 5.56 Å². The minimum absolute atomic E-state index is 0.00496. The molecule has 0 aromatic heterocycles. The maximum Gasteiger partial charge on any atom is 0.338 e. The first-order valence-corrected chi connectivity index (χ1v) is 8.64. The van der Waals surface area contributed by atoms with Crippen LogP contribution in [0.3, 0.4) is 0 Å². The van der Waals surface area contributed by atoms with Crippen molar-refractivity contribution in [1.29, 1.82) is 0 Å². The molecule has 0 atom stereocenters. The van der Waals surface area contributed by atoms with Crippen molar-refractivity contribution >= 4 is 17.9 Å². The SMILES string of the molecule is CC(C)(C)c1ccc(C(=O)OCC(=O)NC(=O)NC2CCCC2)cc1. The molecule has 2 rings (SSSR count). The largest absolute Gasteiger partial charge is 0.452 e. The molecule has 0 radical (unpaired) electrons. The summed E-state index contributed by atoms with van der Waals surface area (Å²) in [7, 11) is 0. The first-order valence-electron chi connectivity index (χ1n) is 8.64. The van der Waals surface area contributed by atoms with Gasteiger partial charge in [0.15, 0.2) is 6.61 Å². The van der Waals surface area contributed by atoms with E-state index in [1.807, 2.05) is 12.1 Å². The second-order valence-electron chi connectivity index (χ2n) is 7.41. The molecule has 1 saturated carbocycles. The molecule has 0 bridgehead atoms. The fraction of sp³-hybridized carbons (Fsp3) is 0.526. The number of ether oxygens (including phenoxy) is 1. The van der Waals surface area contributed by atoms with Gasteiger partial charge in [-0.25, -0.2) is 9.59 Å². The number of benzene rings is 1. The molecule has 0 unspecified atom stereocenters. The van der Waals surface area contributed by atoms with E-state index in [0.29, 0.717) is 5.56 Å². The highest BCUT2D eigenvalue weighted by Crippen LogP contribution is 2.22. The first kappa shape index (κ1) is 19.0. The van der Waals surface area contributed by atoms with Crippen LogP contribution in [-0.2, 0) is 14.9 Å². The number of nitrogens with one attached hydrogen (secondary N) is 2. The van der Waals surface area contributed by atoms with Crippen LogP contribution in [0.15, 0.2) is 24.3 Å². The Morgan fingerprint density at radius 2 is 1.68 bits per heavy atom. The molecule has 1 aromatic carbocycles. The average Bonchev–Trinajstić information content (AvgIpc) is 3.04. The quantitative estimate of drug-likeness (QED) is 0.821. The van der Waals surface area contributed by atoms with Gasteiger partial charge in [0.1, 0.15) is 0 Å². The highest BCUT2D eigenvalue weighted by atomic mass is 16.5. The Balaban J connectivity index is 1.76. The van der Waals surface area contributed by atoms with E-state index in [2.05, 4.69) is 31.4 Å². The molecule has 6 heteroatoms. The van der Waals surface area contributed by atoms with E-state index in [-0.39, 0.29) is 11.5 Å². The summed E-state index contributed by atoms with van der Waals surface area (Å²) in [5.74, 6) is -1.23. The molecule has 0 heterocycles. The van der Waals surface area contributed by atoms with Crippen molar-refractivity contribution in [2.45, 2.75) is 57.9 Å². The van der Waals surface area contributed by atoms with E-state index in [0.717, 1.165) is 31.2 Å². The molecule has 136 valence electrons. The highest BCUT2D eigenvalue weighted by Gasteiger charge is 2.19. The van der Waals surface area contributed by atoms with Crippen molar-refractivity contribution in [3.05, 3.63) is 35.4 Å². The summed E-state index contributed by atoms with van der Waals surface area (Å²) in [6.07, 6.45) is 4.04. The molecule has 3 amide bonds. The number of carbonyl (C=O) groups is 3. The predicted octanol–water partition coefficient (Wildman–Crippen LogP) is 2.91. The van der Waals surface area contributed by atoms with Gasteiger partial charge in [-0.15, -0.1) is 0 Å². The molecule has 1 aliphatic carbocycles. The van der Waals surface area contributed by atoms with Gasteiger partial charge >= 0.3 is 12.0 Å². The Morgan fingerprint density at radius 1 is 1.08 bits per heavy atom. The topological polar surface area (TPSA) is 84.5 Å². The zero-order chi connectivity index (χ0) is 18.4. The molecule has 25 heavy (non-hydrogen) atoms. The summed E-state index contributed by atoms with van der Waals surface area (Å²) in [6, 6.07) is 6.66. The van der Waals surface area contributed by atoms with Crippen molar-refractivity contribution in [2.75, 3.05) is 6.61 Å². The molecule has 0 spiro atoms. The summed E-state index contributed by atoms with van der Waals surface area (Å²) in [5.41, 5.74) is 1.47. The van der Waals surface area contributed by atoms with E-state index >= 15 is 0 Å². The van der Waals surface area contributed by atoms with Crippen LogP contribution in [0.2, 0.25) is 0 Å². The summed E-state index contributed by atoms with van der Waals surface area (Å²) < 4.78 is 4.96. The number of hydrogen-bond acceptors (Lipinski definition) is 4. The first-order chi connectivity index (χ1) is 11.8. The fourth-order valence-corrected chi connectivity index (χ4v) is 2.78. The third-order valence-corrected chi connectivity index (χ3v) is 4.26. The third kappa shape index (κ3) is 5.89. The van der Waals surface area contributed by atoms with Gasteiger partial charge in [-0.1, -0.05) is 45.7 Å². The van der Waals surface area contributed by atoms with Crippen molar-refractivity contribution in [1.82, 2.24) is 10.6 Å². The van der Waals surface area contributed by atoms with Crippen LogP contribution in [0.25, 0.3) is 0 Å². The summed E-state index contributed by atoms with van der Waals surface area (Å²) in [5, 5.41) is 4.91. The van der Waals surface area contributed by atoms with Crippen LogP contribution in [0.4, 0.5) is 4.79 Å². The van der Waals surface area contributed by atoms with Crippen molar-refractivity contribution < 1.29 is 19.1 Å². The van der Waals surface area contributed by atoms with Gasteiger partial charge in [0.2, 0.25) is 0 Å². The van der Waals surface area contributed by atoms with Crippen LogP contribution in [0, 0.1) is 0 Å². The molecule has 1 fully saturated rings. The summed E-state index contributed by atoms with van der Waals surface area (Å²) in [4.78, 5) is 35.3. The number of rotatable bonds is 4. The van der Waals surface area contributed by atoms with E-state index in [9.17, 15) is 14.4 Å². The van der Waals surface area contributed by atoms with E-state index < -0.39 is 24.5 Å². The van der Waals surface area contributed by atoms with E-state index in [4.69, 9.17) is 4.74 Å². The zero-order valence-corrected chi connectivity index (χ0v) is 15.1. The molecular weight excluding hydrogens is 320 g/mol. The maximum absolute atomic E-state index is 12.0. The Labute approximate surface area is 148 Å². The number of imide groups is 1. The lowest BCUT2D eigenvalue weighted by Crippen LogP contribution is -2.44. The van der Waals surface area contributed by atoms with Gasteiger partial charge in [-0.05, 0) is 36.0 Å². The average molecular weight is 346 g/mol. The number of urea groups is 1. The second-order valence-corrected chi connectivity index (χ2v) is 7.41. The second kappa shape index (κ2) is 8.14. The van der Waals surface area contributed by atoms with Crippen LogP contribution in [0.5, 0.6) is 0 Å². The number of hydrogen-bond donors (Lipinski definition) is 2. The Kier molecular flexibility index (Phi) is 6.17. The van der Waals surface area contributed by atoms with E-state index in [1.54, 1.807) is 12.1 Å². The zero-order valence-electron chi connectivity index (χ0n) is 15.1. The fourth-order valence-electron chi connectivity index (χ4n) is 2.78. The smallest absolute Gasteiger partial charge is 0.338 e. The lowest BCUT2D eigenvalue weighted by molar-refractivity contribution is -0.123. The lowest BCUT2D eigenvalue weighted by atomic mass is 9.87. The van der Waals surface area contributed by atoms with Crippen molar-refractivity contribution in [2.24, 2.45) is 0 Å². The molecule has 1 aliphatic rings. The normalized spacial score (nSPS) is 14.8. The maximum atomic E-state index is 12.0. The van der Waals surface area contributed by atoms with Crippen LogP contribution in [-0.4, -0.2) is 30.6 Å². The predicted molar refractivity (Wildman–Crippen MR) is 94.4 cm³/mol. The van der Waals surface area contributed by atoms with Gasteiger partial charge in [-0.2, -0.15) is 0 Å². The van der Waals surface area contributed by atoms with E-state index in [1.165, 1.54) is 0 Å². The van der Waals surface area contributed by atoms with Crippen LogP contribution < -0.4 is 10.6 Å². The number of amides is 3. The Hall–Kier alpha value is -2.37. The molecule has 1 aromatic rings. The Bertz CT molecular complexity index is 626. The summed E-state index contributed by atoms with van der Waals surface area (Å²) in [6.45, 7) is 5.77. The third-order valence-electron chi connectivity index (χ3n) is 4.26. The minimum atomic E-state index is -0.643. The molecule has 2 N–H and O–H groups in total. The number of esters is 1. The van der Waals surface area contributed by atoms with Crippen molar-refractivity contribution in [3.8, 4) is 0 Å². The lowest BCUT2D eigenvalue weighted by Gasteiger charge is -2.18. The van der Waals surface area contributed by atoms with Crippen molar-refractivity contribution in [3.63, 3.8) is 0 Å². The summed E-state index contributed by atoms with van der Waals surface area (Å²) >= 11 is 0. The van der Waals surface area contributed by atoms with Crippen LogP contribution >= 0.6 is 0 Å².